The number of benzene rings is 3. The van der Waals surface area contributed by atoms with Crippen LogP contribution < -0.4 is 51.4 Å². The number of unbranched alkanes of at least 4 members (excludes halogenated alkanes) is 6. The van der Waals surface area contributed by atoms with E-state index in [2.05, 4.69) is 13.2 Å². The molecule has 2 saturated carbocycles. The average Bonchev–Trinajstić information content (AvgIpc) is 3.38. The Labute approximate surface area is 408 Å². The Hall–Kier alpha value is -7.24. The van der Waals surface area contributed by atoms with Gasteiger partial charge in [0.1, 0.15) is 45.7 Å². The number of hydrogen-bond donors (Lipinski definition) is 4. The van der Waals surface area contributed by atoms with E-state index in [1.807, 2.05) is 0 Å². The second-order valence-electron chi connectivity index (χ2n) is 17.3. The number of nitrogen functional groups attached to an aromatic ring is 4. The second-order valence-corrected chi connectivity index (χ2v) is 17.3. The lowest BCUT2D eigenvalue weighted by Gasteiger charge is -2.27. The summed E-state index contributed by atoms with van der Waals surface area (Å²) in [6.07, 6.45) is 12.1. The van der Waals surface area contributed by atoms with Gasteiger partial charge in [-0.1, -0.05) is 13.2 Å². The minimum Gasteiger partial charge on any atom is -0.494 e. The highest BCUT2D eigenvalue weighted by molar-refractivity contribution is 5.97. The monoisotopic (exact) mass is 970 g/mol. The van der Waals surface area contributed by atoms with Crippen LogP contribution in [0.1, 0.15) is 103 Å². The van der Waals surface area contributed by atoms with E-state index in [1.54, 1.807) is 48.5 Å². The molecule has 2 fully saturated rings. The zero-order valence-corrected chi connectivity index (χ0v) is 39.7. The largest absolute Gasteiger partial charge is 0.494 e. The van der Waals surface area contributed by atoms with Gasteiger partial charge in [0.2, 0.25) is 0 Å². The number of rotatable bonds is 26. The van der Waals surface area contributed by atoms with Crippen LogP contribution in [0, 0.1) is 23.7 Å². The fraction of sp³-hybridized carbons (Fsp3) is 0.462. The quantitative estimate of drug-likeness (QED) is 0.0195. The van der Waals surface area contributed by atoms with Gasteiger partial charge in [0.25, 0.3) is 0 Å². The van der Waals surface area contributed by atoms with Crippen LogP contribution in [0.2, 0.25) is 0 Å². The van der Waals surface area contributed by atoms with Gasteiger partial charge < -0.3 is 60.8 Å². The van der Waals surface area contributed by atoms with Crippen LogP contribution in [0.4, 0.5) is 22.7 Å². The minimum atomic E-state index is -0.624. The van der Waals surface area contributed by atoms with E-state index in [0.717, 1.165) is 63.5 Å². The Morgan fingerprint density at radius 1 is 0.400 bits per heavy atom. The van der Waals surface area contributed by atoms with Crippen molar-refractivity contribution in [2.75, 3.05) is 49.4 Å². The van der Waals surface area contributed by atoms with Gasteiger partial charge in [-0.2, -0.15) is 0 Å². The number of carbonyl (C=O) groups excluding carboxylic acids is 6. The maximum Gasteiger partial charge on any atom is 0.330 e. The van der Waals surface area contributed by atoms with E-state index < -0.39 is 59.5 Å². The van der Waals surface area contributed by atoms with Crippen molar-refractivity contribution in [3.8, 4) is 34.5 Å². The summed E-state index contributed by atoms with van der Waals surface area (Å²) >= 11 is 0. The number of anilines is 4. The molecule has 70 heavy (non-hydrogen) atoms. The molecule has 0 saturated heterocycles. The maximum absolute atomic E-state index is 13.3. The van der Waals surface area contributed by atoms with Crippen LogP contribution in [0.3, 0.4) is 0 Å². The van der Waals surface area contributed by atoms with E-state index >= 15 is 0 Å². The van der Waals surface area contributed by atoms with Crippen LogP contribution in [-0.4, -0.2) is 62.2 Å². The summed E-state index contributed by atoms with van der Waals surface area (Å²) in [5.74, 6) is -3.31. The number of carbonyl (C=O) groups is 6. The lowest BCUT2D eigenvalue weighted by atomic mass is 9.82. The summed E-state index contributed by atoms with van der Waals surface area (Å²) in [6, 6.07) is 13.6. The molecule has 0 radical (unpaired) electrons. The second kappa shape index (κ2) is 27.7. The molecular formula is C52H66N4O14. The molecule has 0 amide bonds. The van der Waals surface area contributed by atoms with Gasteiger partial charge in [-0.15, -0.1) is 0 Å². The lowest BCUT2D eigenvalue weighted by molar-refractivity contribution is -0.145. The highest BCUT2D eigenvalue weighted by Gasteiger charge is 2.36. The first-order valence-electron chi connectivity index (χ1n) is 23.9. The molecule has 3 aromatic carbocycles. The Balaban J connectivity index is 0.991. The summed E-state index contributed by atoms with van der Waals surface area (Å²) < 4.78 is 44.0. The van der Waals surface area contributed by atoms with Crippen molar-refractivity contribution in [1.29, 1.82) is 0 Å². The molecule has 8 N–H and O–H groups in total. The average molecular weight is 971 g/mol. The van der Waals surface area contributed by atoms with Crippen molar-refractivity contribution in [3.05, 3.63) is 73.8 Å². The Bertz CT molecular complexity index is 2080. The summed E-state index contributed by atoms with van der Waals surface area (Å²) in [4.78, 5) is 74.9. The molecule has 0 bridgehead atoms. The van der Waals surface area contributed by atoms with Crippen molar-refractivity contribution in [1.82, 2.24) is 0 Å². The third-order valence-electron chi connectivity index (χ3n) is 12.3. The molecule has 2 aliphatic carbocycles. The molecule has 0 heterocycles. The van der Waals surface area contributed by atoms with Gasteiger partial charge >= 0.3 is 35.8 Å². The Morgan fingerprint density at radius 3 is 0.943 bits per heavy atom. The molecule has 0 unspecified atom stereocenters. The van der Waals surface area contributed by atoms with Crippen LogP contribution >= 0.6 is 0 Å². The predicted molar refractivity (Wildman–Crippen MR) is 261 cm³/mol. The maximum atomic E-state index is 13.3. The van der Waals surface area contributed by atoms with Crippen molar-refractivity contribution in [2.45, 2.75) is 103 Å². The van der Waals surface area contributed by atoms with Crippen molar-refractivity contribution in [3.63, 3.8) is 0 Å². The van der Waals surface area contributed by atoms with Crippen LogP contribution in [0.5, 0.6) is 34.5 Å². The molecule has 378 valence electrons. The highest BCUT2D eigenvalue weighted by atomic mass is 16.6. The normalized spacial score (nSPS) is 17.5. The van der Waals surface area contributed by atoms with Crippen molar-refractivity contribution < 1.29 is 66.7 Å². The summed E-state index contributed by atoms with van der Waals surface area (Å²) in [7, 11) is 0. The van der Waals surface area contributed by atoms with Gasteiger partial charge in [-0.3, -0.25) is 19.2 Å². The Morgan fingerprint density at radius 2 is 0.657 bits per heavy atom. The molecule has 5 rings (SSSR count). The number of hydrogen-bond acceptors (Lipinski definition) is 18. The van der Waals surface area contributed by atoms with E-state index in [-0.39, 0.29) is 34.2 Å². The number of ether oxygens (including phenoxy) is 8. The highest BCUT2D eigenvalue weighted by Crippen LogP contribution is 2.48. The molecule has 3 aromatic rings. The standard InChI is InChI=1S/C52H66N4O14/c1-3-41(57)65-31-11-7-5-9-29-63-37-21-25-39(26-22-37)67-49(59)33-13-17-35(18-14-33)51(61)69-47-43(53)45(55)48(46(56)44(47)54)70-52(62)36-19-15-34(16-20-36)50(60)68-40-27-23-38(24-28-40)64-30-10-6-8-12-32-66-42(58)4-2/h3-4,21-28,33-36H,1-2,5-20,29-32,53-56H2. The van der Waals surface area contributed by atoms with Gasteiger partial charge in [0.05, 0.1) is 50.1 Å². The van der Waals surface area contributed by atoms with Gasteiger partial charge in [-0.25, -0.2) is 9.59 Å². The third kappa shape index (κ3) is 16.5. The van der Waals surface area contributed by atoms with E-state index in [1.165, 1.54) is 0 Å². The molecule has 2 aliphatic rings. The minimum absolute atomic E-state index is 0.222. The number of nitrogens with two attached hydrogens (primary N) is 4. The van der Waals surface area contributed by atoms with Gasteiger partial charge in [0, 0.05) is 12.2 Å². The van der Waals surface area contributed by atoms with Crippen LogP contribution in [-0.2, 0) is 38.2 Å². The van der Waals surface area contributed by atoms with Crippen LogP contribution in [0.25, 0.3) is 0 Å². The van der Waals surface area contributed by atoms with Gasteiger partial charge in [-0.05, 0) is 151 Å². The zero-order chi connectivity index (χ0) is 50.4. The SMILES string of the molecule is C=CC(=O)OCCCCCCOc1ccc(OC(=O)C2CCC(C(=O)Oc3c(N)c(N)c(OC(=O)C4CCC(C(=O)Oc5ccc(OCCCCCCOC(=O)C=C)cc5)CC4)c(N)c3N)CC2)cc1. The molecular weight excluding hydrogens is 905 g/mol. The van der Waals surface area contributed by atoms with Crippen molar-refractivity contribution in [2.24, 2.45) is 23.7 Å². The first-order chi connectivity index (χ1) is 33.8. The predicted octanol–water partition coefficient (Wildman–Crippen LogP) is 7.99. The van der Waals surface area contributed by atoms with E-state index in [0.29, 0.717) is 101 Å². The lowest BCUT2D eigenvalue weighted by Crippen LogP contribution is -2.31. The first-order valence-corrected chi connectivity index (χ1v) is 23.9. The molecule has 0 spiro atoms. The zero-order valence-electron chi connectivity index (χ0n) is 39.7. The summed E-state index contributed by atoms with van der Waals surface area (Å²) in [5.41, 5.74) is 24.3. The molecule has 0 aliphatic heterocycles. The fourth-order valence-electron chi connectivity index (χ4n) is 8.06. The Kier molecular flexibility index (Phi) is 21.2. The topological polar surface area (TPSA) is 280 Å². The summed E-state index contributed by atoms with van der Waals surface area (Å²) in [5, 5.41) is 0. The van der Waals surface area contributed by atoms with E-state index in [4.69, 9.17) is 60.8 Å². The van der Waals surface area contributed by atoms with Crippen LogP contribution in [0.15, 0.2) is 73.8 Å². The smallest absolute Gasteiger partial charge is 0.330 e. The molecule has 0 aromatic heterocycles. The third-order valence-corrected chi connectivity index (χ3v) is 12.3. The van der Waals surface area contributed by atoms with E-state index in [9.17, 15) is 28.8 Å². The molecule has 18 heteroatoms. The number of esters is 6. The van der Waals surface area contributed by atoms with Crippen molar-refractivity contribution >= 4 is 58.6 Å². The fourth-order valence-corrected chi connectivity index (χ4v) is 8.06. The van der Waals surface area contributed by atoms with Gasteiger partial charge in [0.15, 0.2) is 11.5 Å². The molecule has 18 nitrogen and oxygen atoms in total. The molecule has 0 atom stereocenters. The summed E-state index contributed by atoms with van der Waals surface area (Å²) in [6.45, 7) is 8.50. The first kappa shape index (κ1) is 53.7.